The van der Waals surface area contributed by atoms with Crippen molar-refractivity contribution in [2.75, 3.05) is 5.43 Å². The lowest BCUT2D eigenvalue weighted by molar-refractivity contribution is 0.0809. The van der Waals surface area contributed by atoms with Gasteiger partial charge in [0.05, 0.1) is 5.69 Å². The molecule has 2 N–H and O–H groups in total. The summed E-state index contributed by atoms with van der Waals surface area (Å²) < 4.78 is 0.792. The first-order valence-electron chi connectivity index (χ1n) is 7.48. The lowest BCUT2D eigenvalue weighted by Gasteiger charge is -2.15. The highest BCUT2D eigenvalue weighted by molar-refractivity contribution is 6.52. The first-order chi connectivity index (χ1) is 12.1. The Morgan fingerprint density at radius 1 is 0.840 bits per heavy atom. The number of aromatic amines is 1. The zero-order chi connectivity index (χ0) is 17.6. The molecule has 1 heterocycles. The summed E-state index contributed by atoms with van der Waals surface area (Å²) in [7, 11) is 0. The van der Waals surface area contributed by atoms with E-state index in [4.69, 9.17) is 0 Å². The summed E-state index contributed by atoms with van der Waals surface area (Å²) in [5, 5.41) is 0. The Labute approximate surface area is 140 Å². The fraction of sp³-hybridized carbons (Fsp3) is 0. The van der Waals surface area contributed by atoms with Gasteiger partial charge in [0.2, 0.25) is 5.78 Å². The van der Waals surface area contributed by atoms with E-state index in [1.54, 1.807) is 48.5 Å². The first kappa shape index (κ1) is 14.8. The van der Waals surface area contributed by atoms with Crippen LogP contribution in [-0.2, 0) is 0 Å². The molecule has 0 saturated carbocycles. The maximum absolute atomic E-state index is 12.5. The minimum absolute atomic E-state index is 0.169. The van der Waals surface area contributed by atoms with Gasteiger partial charge < -0.3 is 4.98 Å². The Balaban J connectivity index is 1.85. The molecule has 4 rings (SSSR count). The molecule has 0 fully saturated rings. The summed E-state index contributed by atoms with van der Waals surface area (Å²) in [5.41, 5.74) is 2.72. The summed E-state index contributed by atoms with van der Waals surface area (Å²) in [6.45, 7) is 0. The number of carbonyl (C=O) groups excluding carboxylic acids is 3. The molecule has 0 saturated heterocycles. The van der Waals surface area contributed by atoms with Gasteiger partial charge in [0.15, 0.2) is 0 Å². The Hall–Kier alpha value is -3.74. The molecule has 0 unspecified atom stereocenters. The van der Waals surface area contributed by atoms with Crippen molar-refractivity contribution >= 4 is 17.5 Å². The summed E-state index contributed by atoms with van der Waals surface area (Å²) in [5.74, 6) is -2.13. The predicted octanol–water partition coefficient (Wildman–Crippen LogP) is 1.61. The summed E-state index contributed by atoms with van der Waals surface area (Å²) in [4.78, 5) is 51.9. The number of aromatic nitrogens is 2. The molecule has 25 heavy (non-hydrogen) atoms. The molecule has 1 aromatic heterocycles. The van der Waals surface area contributed by atoms with Gasteiger partial charge in [0.1, 0.15) is 5.69 Å². The van der Waals surface area contributed by atoms with Crippen LogP contribution in [0.2, 0.25) is 0 Å². The van der Waals surface area contributed by atoms with E-state index < -0.39 is 23.2 Å². The van der Waals surface area contributed by atoms with Gasteiger partial charge in [0.25, 0.3) is 11.7 Å². The van der Waals surface area contributed by atoms with Gasteiger partial charge in [-0.05, 0) is 12.1 Å². The molecule has 0 spiro atoms. The topological polar surface area (TPSA) is 101 Å². The van der Waals surface area contributed by atoms with Crippen molar-refractivity contribution in [3.05, 3.63) is 81.9 Å². The number of hydrogen-bond donors (Lipinski definition) is 2. The second-order valence-electron chi connectivity index (χ2n) is 5.50. The lowest BCUT2D eigenvalue weighted by atomic mass is 9.90. The highest BCUT2D eigenvalue weighted by Gasteiger charge is 2.35. The second kappa shape index (κ2) is 5.41. The van der Waals surface area contributed by atoms with E-state index in [1.807, 2.05) is 0 Å². The summed E-state index contributed by atoms with van der Waals surface area (Å²) >= 11 is 0. The van der Waals surface area contributed by atoms with Crippen LogP contribution in [0.15, 0.2) is 59.4 Å². The lowest BCUT2D eigenvalue weighted by Crippen LogP contribution is -2.35. The number of hydrogen-bond acceptors (Lipinski definition) is 4. The number of rotatable bonds is 2. The van der Waals surface area contributed by atoms with Crippen LogP contribution < -0.4 is 11.1 Å². The minimum atomic E-state index is -0.847. The number of carbonyl (C=O) groups is 3. The highest BCUT2D eigenvalue weighted by Crippen LogP contribution is 2.30. The largest absolute Gasteiger partial charge is 0.345 e. The van der Waals surface area contributed by atoms with Crippen molar-refractivity contribution in [2.45, 2.75) is 0 Å². The Kier molecular flexibility index (Phi) is 3.21. The number of ketones is 2. The van der Waals surface area contributed by atoms with Crippen molar-refractivity contribution in [1.29, 1.82) is 0 Å². The fourth-order valence-corrected chi connectivity index (χ4v) is 2.84. The number of nitrogens with zero attached hydrogens (tertiary/aromatic N) is 1. The molecule has 0 atom stereocenters. The number of Topliss-reactive ketones (excluding diaryl/α,β-unsaturated/α-hetero) is 2. The summed E-state index contributed by atoms with van der Waals surface area (Å²) in [6.07, 6.45) is 0. The summed E-state index contributed by atoms with van der Waals surface area (Å²) in [6, 6.07) is 14.7. The van der Waals surface area contributed by atoms with Gasteiger partial charge in [-0.2, -0.15) is 4.68 Å². The van der Waals surface area contributed by atoms with Crippen molar-refractivity contribution in [3.63, 3.8) is 0 Å². The van der Waals surface area contributed by atoms with Crippen LogP contribution in [0.4, 0.5) is 0 Å². The van der Waals surface area contributed by atoms with E-state index in [2.05, 4.69) is 10.4 Å². The maximum atomic E-state index is 12.5. The fourth-order valence-electron chi connectivity index (χ4n) is 2.84. The smallest absolute Gasteiger partial charge is 0.303 e. The van der Waals surface area contributed by atoms with Crippen LogP contribution in [0.25, 0.3) is 11.3 Å². The van der Waals surface area contributed by atoms with E-state index in [1.165, 1.54) is 6.07 Å². The molecule has 0 aliphatic heterocycles. The Morgan fingerprint density at radius 3 is 2.20 bits per heavy atom. The molecular weight excluding hydrogens is 322 g/mol. The molecule has 1 aliphatic rings. The van der Waals surface area contributed by atoms with Gasteiger partial charge in [-0.1, -0.05) is 42.5 Å². The number of nitrogens with one attached hydrogen (secondary N) is 2. The third kappa shape index (κ3) is 2.21. The van der Waals surface area contributed by atoms with Crippen molar-refractivity contribution < 1.29 is 14.4 Å². The van der Waals surface area contributed by atoms with Crippen LogP contribution in [-0.4, -0.2) is 27.1 Å². The zero-order valence-corrected chi connectivity index (χ0v) is 12.8. The van der Waals surface area contributed by atoms with E-state index in [-0.39, 0.29) is 17.0 Å². The molecule has 7 heteroatoms. The average molecular weight is 333 g/mol. The quantitative estimate of drug-likeness (QED) is 0.696. The van der Waals surface area contributed by atoms with Crippen LogP contribution in [0, 0.1) is 0 Å². The minimum Gasteiger partial charge on any atom is -0.303 e. The molecule has 122 valence electrons. The van der Waals surface area contributed by atoms with Crippen molar-refractivity contribution in [3.8, 4) is 11.3 Å². The van der Waals surface area contributed by atoms with E-state index in [0.29, 0.717) is 11.1 Å². The zero-order valence-electron chi connectivity index (χ0n) is 12.8. The number of imidazole rings is 1. The first-order valence-corrected chi connectivity index (χ1v) is 7.48. The van der Waals surface area contributed by atoms with Gasteiger partial charge in [-0.25, -0.2) is 4.79 Å². The van der Waals surface area contributed by atoms with Gasteiger partial charge >= 0.3 is 5.69 Å². The molecule has 1 aliphatic carbocycles. The Bertz CT molecular complexity index is 1090. The van der Waals surface area contributed by atoms with Gasteiger partial charge in [0, 0.05) is 16.7 Å². The SMILES string of the molecule is O=C(Nn1c2c([nH]c1=O)-c1ccccc1C(=O)C2=O)c1ccccc1. The number of benzene rings is 2. The van der Waals surface area contributed by atoms with Gasteiger partial charge in [-0.3, -0.25) is 19.8 Å². The van der Waals surface area contributed by atoms with E-state index >= 15 is 0 Å². The maximum Gasteiger partial charge on any atom is 0.345 e. The number of H-pyrrole nitrogens is 1. The van der Waals surface area contributed by atoms with Crippen LogP contribution in [0.3, 0.4) is 0 Å². The molecule has 0 bridgehead atoms. The van der Waals surface area contributed by atoms with E-state index in [0.717, 1.165) is 4.68 Å². The second-order valence-corrected chi connectivity index (χ2v) is 5.50. The molecule has 1 amide bonds. The molecule has 7 nitrogen and oxygen atoms in total. The normalized spacial score (nSPS) is 12.5. The van der Waals surface area contributed by atoms with E-state index in [9.17, 15) is 19.2 Å². The average Bonchev–Trinajstić information content (AvgIpc) is 2.97. The molecular formula is C18H11N3O4. The third-order valence-electron chi connectivity index (χ3n) is 4.01. The standard InChI is InChI=1S/C18H11N3O4/c22-15-12-9-5-4-8-11(12)13-14(16(15)23)21(18(25)19-13)20-17(24)10-6-2-1-3-7-10/h1-9H,(H,19,25)(H,20,24). The third-order valence-corrected chi connectivity index (χ3v) is 4.01. The van der Waals surface area contributed by atoms with Crippen LogP contribution in [0.5, 0.6) is 0 Å². The molecule has 0 radical (unpaired) electrons. The molecule has 2 aromatic carbocycles. The van der Waals surface area contributed by atoms with Crippen LogP contribution >= 0.6 is 0 Å². The van der Waals surface area contributed by atoms with Crippen molar-refractivity contribution in [1.82, 2.24) is 9.66 Å². The number of fused-ring (bicyclic) bond motifs is 3. The monoisotopic (exact) mass is 333 g/mol. The predicted molar refractivity (Wildman–Crippen MR) is 89.3 cm³/mol. The Morgan fingerprint density at radius 2 is 1.48 bits per heavy atom. The van der Waals surface area contributed by atoms with Crippen LogP contribution in [0.1, 0.15) is 31.2 Å². The van der Waals surface area contributed by atoms with Gasteiger partial charge in [-0.15, -0.1) is 0 Å². The van der Waals surface area contributed by atoms with Crippen molar-refractivity contribution in [2.24, 2.45) is 0 Å². The molecule has 3 aromatic rings. The highest BCUT2D eigenvalue weighted by atomic mass is 16.2. The number of amides is 1.